The van der Waals surface area contributed by atoms with E-state index in [-0.39, 0.29) is 5.78 Å². The summed E-state index contributed by atoms with van der Waals surface area (Å²) in [5.41, 5.74) is 0.219. The van der Waals surface area contributed by atoms with Crippen LogP contribution in [0.5, 0.6) is 17.2 Å². The first-order valence-electron chi connectivity index (χ1n) is 8.84. The van der Waals surface area contributed by atoms with Crippen molar-refractivity contribution in [1.82, 2.24) is 0 Å². The van der Waals surface area contributed by atoms with Crippen LogP contribution < -0.4 is 19.8 Å². The van der Waals surface area contributed by atoms with Gasteiger partial charge in [0.15, 0.2) is 30.5 Å². The van der Waals surface area contributed by atoms with Crippen LogP contribution in [0.1, 0.15) is 10.4 Å². The molecule has 0 saturated heterocycles. The van der Waals surface area contributed by atoms with E-state index in [1.165, 1.54) is 12.1 Å². The second-order valence-electron chi connectivity index (χ2n) is 6.19. The normalized spacial score (nSPS) is 12.4. The van der Waals surface area contributed by atoms with Crippen LogP contribution in [-0.2, 0) is 9.53 Å². The van der Waals surface area contributed by atoms with Crippen molar-refractivity contribution in [1.29, 1.82) is 0 Å². The molecule has 0 spiro atoms. The van der Waals surface area contributed by atoms with E-state index >= 15 is 0 Å². The van der Waals surface area contributed by atoms with E-state index in [1.807, 2.05) is 0 Å². The first-order valence-corrected chi connectivity index (χ1v) is 8.84. The van der Waals surface area contributed by atoms with Gasteiger partial charge in [0.05, 0.1) is 0 Å². The van der Waals surface area contributed by atoms with Gasteiger partial charge in [-0.3, -0.25) is 4.79 Å². The van der Waals surface area contributed by atoms with Crippen molar-refractivity contribution in [2.75, 3.05) is 26.4 Å². The van der Waals surface area contributed by atoms with Crippen LogP contribution >= 0.6 is 0 Å². The smallest absolute Gasteiger partial charge is 0.344 e. The molecule has 0 aliphatic carbocycles. The van der Waals surface area contributed by atoms with E-state index in [4.69, 9.17) is 23.4 Å². The first kappa shape index (κ1) is 18.5. The highest BCUT2D eigenvalue weighted by Gasteiger charge is 2.16. The number of ketones is 1. The van der Waals surface area contributed by atoms with E-state index in [2.05, 4.69) is 0 Å². The van der Waals surface area contributed by atoms with Gasteiger partial charge < -0.3 is 23.4 Å². The second-order valence-corrected chi connectivity index (χ2v) is 6.19. The fourth-order valence-corrected chi connectivity index (χ4v) is 2.76. The Labute approximate surface area is 164 Å². The second kappa shape index (κ2) is 8.05. The number of rotatable bonds is 6. The zero-order valence-corrected chi connectivity index (χ0v) is 15.2. The van der Waals surface area contributed by atoms with Gasteiger partial charge in [0.25, 0.3) is 0 Å². The summed E-state index contributed by atoms with van der Waals surface area (Å²) >= 11 is 0. The zero-order valence-electron chi connectivity index (χ0n) is 15.2. The lowest BCUT2D eigenvalue weighted by molar-refractivity contribution is -0.144. The Morgan fingerprint density at radius 3 is 2.55 bits per heavy atom. The van der Waals surface area contributed by atoms with Crippen LogP contribution in [0.15, 0.2) is 57.7 Å². The van der Waals surface area contributed by atoms with Crippen molar-refractivity contribution < 1.29 is 33.0 Å². The molecular weight excluding hydrogens is 380 g/mol. The minimum atomic E-state index is -0.703. The van der Waals surface area contributed by atoms with Crippen LogP contribution in [-0.4, -0.2) is 38.2 Å². The molecule has 0 amide bonds. The molecule has 0 N–H and O–H groups in total. The molecule has 29 heavy (non-hydrogen) atoms. The van der Waals surface area contributed by atoms with Crippen molar-refractivity contribution >= 4 is 22.7 Å². The first-order chi connectivity index (χ1) is 14.1. The quantitative estimate of drug-likeness (QED) is 0.356. The Balaban J connectivity index is 1.31. The Bertz CT molecular complexity index is 1130. The molecule has 1 aliphatic rings. The Kier molecular flexibility index (Phi) is 5.15. The van der Waals surface area contributed by atoms with Gasteiger partial charge in [0.2, 0.25) is 0 Å². The van der Waals surface area contributed by atoms with E-state index in [1.54, 1.807) is 36.4 Å². The Morgan fingerprint density at radius 2 is 1.69 bits per heavy atom. The molecule has 0 bridgehead atoms. The number of Topliss-reactive ketones (excluding diaryl/α,β-unsaturated/α-hetero) is 1. The monoisotopic (exact) mass is 396 g/mol. The molecule has 4 rings (SSSR count). The van der Waals surface area contributed by atoms with Gasteiger partial charge >= 0.3 is 11.6 Å². The molecule has 2 aromatic carbocycles. The summed E-state index contributed by atoms with van der Waals surface area (Å²) < 4.78 is 26.2. The van der Waals surface area contributed by atoms with Gasteiger partial charge in [-0.25, -0.2) is 9.59 Å². The van der Waals surface area contributed by atoms with Gasteiger partial charge in [-0.15, -0.1) is 0 Å². The van der Waals surface area contributed by atoms with Crippen molar-refractivity contribution in [3.63, 3.8) is 0 Å². The topological polar surface area (TPSA) is 101 Å². The highest BCUT2D eigenvalue weighted by atomic mass is 16.6. The number of hydrogen-bond acceptors (Lipinski definition) is 8. The average molecular weight is 396 g/mol. The van der Waals surface area contributed by atoms with E-state index in [0.29, 0.717) is 41.6 Å². The fourth-order valence-electron chi connectivity index (χ4n) is 2.76. The van der Waals surface area contributed by atoms with Crippen molar-refractivity contribution in [3.05, 3.63) is 64.5 Å². The molecule has 0 unspecified atom stereocenters. The Hall–Kier alpha value is -3.81. The van der Waals surface area contributed by atoms with E-state index in [0.717, 1.165) is 5.39 Å². The van der Waals surface area contributed by atoms with Gasteiger partial charge in [-0.1, -0.05) is 0 Å². The summed E-state index contributed by atoms with van der Waals surface area (Å²) in [6.07, 6.45) is 0. The van der Waals surface area contributed by atoms with Gasteiger partial charge in [-0.05, 0) is 36.4 Å². The van der Waals surface area contributed by atoms with Crippen LogP contribution in [0.2, 0.25) is 0 Å². The molecule has 8 heteroatoms. The molecule has 1 aliphatic heterocycles. The lowest BCUT2D eigenvalue weighted by Crippen LogP contribution is -2.20. The van der Waals surface area contributed by atoms with Gasteiger partial charge in [0, 0.05) is 23.1 Å². The maximum absolute atomic E-state index is 12.2. The lowest BCUT2D eigenvalue weighted by atomic mass is 10.1. The summed E-state index contributed by atoms with van der Waals surface area (Å²) in [5, 5.41) is 0.726. The molecule has 2 heterocycles. The molecule has 148 valence electrons. The zero-order chi connectivity index (χ0) is 20.2. The molecular formula is C21H16O8. The number of carbonyl (C=O) groups excluding carboxylic acids is 2. The molecule has 1 aromatic heterocycles. The largest absolute Gasteiger partial charge is 0.486 e. The highest BCUT2D eigenvalue weighted by Crippen LogP contribution is 2.30. The number of hydrogen-bond donors (Lipinski definition) is 0. The predicted octanol–water partition coefficient (Wildman–Crippen LogP) is 2.37. The average Bonchev–Trinajstić information content (AvgIpc) is 2.75. The van der Waals surface area contributed by atoms with Crippen LogP contribution in [0.25, 0.3) is 11.0 Å². The minimum Gasteiger partial charge on any atom is -0.486 e. The molecule has 8 nitrogen and oxygen atoms in total. The highest BCUT2D eigenvalue weighted by molar-refractivity contribution is 5.98. The van der Waals surface area contributed by atoms with Crippen LogP contribution in [0.4, 0.5) is 0 Å². The summed E-state index contributed by atoms with van der Waals surface area (Å²) in [6.45, 7) is 0.0574. The lowest BCUT2D eigenvalue weighted by Gasteiger charge is -2.18. The van der Waals surface area contributed by atoms with Crippen LogP contribution in [0.3, 0.4) is 0 Å². The van der Waals surface area contributed by atoms with Crippen molar-refractivity contribution in [2.45, 2.75) is 0 Å². The Morgan fingerprint density at radius 1 is 0.897 bits per heavy atom. The maximum Gasteiger partial charge on any atom is 0.344 e. The summed E-state index contributed by atoms with van der Waals surface area (Å²) in [6, 6.07) is 12.6. The summed E-state index contributed by atoms with van der Waals surface area (Å²) in [7, 11) is 0. The third-order valence-corrected chi connectivity index (χ3v) is 4.18. The van der Waals surface area contributed by atoms with Gasteiger partial charge in [-0.2, -0.15) is 0 Å². The fraction of sp³-hybridized carbons (Fsp3) is 0.190. The molecule has 0 radical (unpaired) electrons. The predicted molar refractivity (Wildman–Crippen MR) is 101 cm³/mol. The standard InChI is InChI=1S/C21H16O8/c22-16(14-2-5-17-19(9-14)26-8-7-25-17)11-28-21(24)12-27-15-4-1-13-3-6-20(23)29-18(13)10-15/h1-6,9-10H,7-8,11-12H2. The third kappa shape index (κ3) is 4.37. The van der Waals surface area contributed by atoms with Crippen LogP contribution in [0, 0.1) is 0 Å². The summed E-state index contributed by atoms with van der Waals surface area (Å²) in [4.78, 5) is 35.4. The molecule has 0 fully saturated rings. The van der Waals surface area contributed by atoms with Crippen molar-refractivity contribution in [2.24, 2.45) is 0 Å². The number of carbonyl (C=O) groups is 2. The SMILES string of the molecule is O=C(COc1ccc2ccc(=O)oc2c1)OCC(=O)c1ccc2c(c1)OCCO2. The summed E-state index contributed by atoms with van der Waals surface area (Å²) in [5.74, 6) is 0.319. The van der Waals surface area contributed by atoms with Crippen molar-refractivity contribution in [3.8, 4) is 17.2 Å². The number of ether oxygens (including phenoxy) is 4. The number of fused-ring (bicyclic) bond motifs is 2. The van der Waals surface area contributed by atoms with E-state index in [9.17, 15) is 14.4 Å². The van der Waals surface area contributed by atoms with E-state index < -0.39 is 24.8 Å². The molecule has 0 atom stereocenters. The number of esters is 1. The third-order valence-electron chi connectivity index (χ3n) is 4.18. The minimum absolute atomic E-state index is 0.335. The number of benzene rings is 2. The molecule has 3 aromatic rings. The molecule has 0 saturated carbocycles. The van der Waals surface area contributed by atoms with Gasteiger partial charge in [0.1, 0.15) is 24.5 Å². The maximum atomic E-state index is 12.2.